The molecule has 0 atom stereocenters. The van der Waals surface area contributed by atoms with Crippen molar-refractivity contribution in [2.24, 2.45) is 5.92 Å². The third-order valence-corrected chi connectivity index (χ3v) is 7.07. The van der Waals surface area contributed by atoms with Gasteiger partial charge < -0.3 is 9.32 Å². The lowest BCUT2D eigenvalue weighted by Gasteiger charge is -2.31. The van der Waals surface area contributed by atoms with Crippen molar-refractivity contribution in [3.8, 4) is 0 Å². The molecule has 31 heavy (non-hydrogen) atoms. The summed E-state index contributed by atoms with van der Waals surface area (Å²) in [4.78, 5) is 26.1. The van der Waals surface area contributed by atoms with Crippen LogP contribution in [0.5, 0.6) is 0 Å². The Morgan fingerprint density at radius 2 is 1.81 bits per heavy atom. The van der Waals surface area contributed by atoms with Crippen LogP contribution < -0.4 is 4.72 Å². The van der Waals surface area contributed by atoms with E-state index in [9.17, 15) is 18.0 Å². The summed E-state index contributed by atoms with van der Waals surface area (Å²) >= 11 is 0. The van der Waals surface area contributed by atoms with Gasteiger partial charge in [0.15, 0.2) is 11.5 Å². The summed E-state index contributed by atoms with van der Waals surface area (Å²) in [6.07, 6.45) is 1.39. The van der Waals surface area contributed by atoms with E-state index in [0.717, 1.165) is 5.39 Å². The van der Waals surface area contributed by atoms with E-state index >= 15 is 0 Å². The number of nitrogens with zero attached hydrogens (tertiary/aromatic N) is 1. The summed E-state index contributed by atoms with van der Waals surface area (Å²) in [6, 6.07) is 15.3. The molecule has 1 aliphatic rings. The second-order valence-corrected chi connectivity index (χ2v) is 9.59. The third-order valence-electron chi connectivity index (χ3n) is 5.65. The topological polar surface area (TPSA) is 96.7 Å². The van der Waals surface area contributed by atoms with E-state index in [2.05, 4.69) is 4.72 Å². The van der Waals surface area contributed by atoms with E-state index in [4.69, 9.17) is 4.42 Å². The maximum Gasteiger partial charge on any atom is 0.289 e. The average molecular weight is 441 g/mol. The van der Waals surface area contributed by atoms with Crippen LogP contribution in [0.4, 0.5) is 0 Å². The Morgan fingerprint density at radius 1 is 1.06 bits per heavy atom. The zero-order valence-corrected chi connectivity index (χ0v) is 18.0. The van der Waals surface area contributed by atoms with Gasteiger partial charge in [0.1, 0.15) is 5.58 Å². The second kappa shape index (κ2) is 8.64. The van der Waals surface area contributed by atoms with Gasteiger partial charge >= 0.3 is 0 Å². The summed E-state index contributed by atoms with van der Waals surface area (Å²) < 4.78 is 33.5. The molecular formula is C23H24N2O5S. The number of likely N-dealkylation sites (tertiary alicyclic amines) is 1. The van der Waals surface area contributed by atoms with Gasteiger partial charge in [0, 0.05) is 30.6 Å². The highest BCUT2D eigenvalue weighted by Crippen LogP contribution is 2.23. The van der Waals surface area contributed by atoms with Gasteiger partial charge in [-0.1, -0.05) is 30.3 Å². The molecule has 2 heterocycles. The smallest absolute Gasteiger partial charge is 0.289 e. The Morgan fingerprint density at radius 3 is 2.52 bits per heavy atom. The number of hydrogen-bond acceptors (Lipinski definition) is 5. The molecule has 8 heteroatoms. The quantitative estimate of drug-likeness (QED) is 0.592. The molecule has 1 aliphatic heterocycles. The number of amides is 1. The Hall–Kier alpha value is -2.97. The highest BCUT2D eigenvalue weighted by Gasteiger charge is 2.27. The van der Waals surface area contributed by atoms with Crippen LogP contribution in [0.1, 0.15) is 40.7 Å². The van der Waals surface area contributed by atoms with E-state index in [1.807, 2.05) is 24.3 Å². The molecule has 1 amide bonds. The molecule has 0 radical (unpaired) electrons. The first kappa shape index (κ1) is 21.3. The third kappa shape index (κ3) is 4.70. The lowest BCUT2D eigenvalue weighted by molar-refractivity contribution is 0.0662. The highest BCUT2D eigenvalue weighted by molar-refractivity contribution is 7.89. The van der Waals surface area contributed by atoms with Crippen LogP contribution in [0.25, 0.3) is 11.0 Å². The second-order valence-electron chi connectivity index (χ2n) is 7.82. The number of carbonyl (C=O) groups is 2. The van der Waals surface area contributed by atoms with Crippen LogP contribution in [0.3, 0.4) is 0 Å². The number of para-hydroxylation sites is 1. The molecule has 1 N–H and O–H groups in total. The molecule has 1 aromatic heterocycles. The molecule has 3 aromatic rings. The van der Waals surface area contributed by atoms with E-state index in [1.165, 1.54) is 19.1 Å². The largest absolute Gasteiger partial charge is 0.451 e. The summed E-state index contributed by atoms with van der Waals surface area (Å²) in [5.74, 6) is 0.131. The standard InChI is InChI=1S/C23H24N2O5S/c1-16(26)18-6-4-7-20(13-18)31(28,29)24-15-17-9-11-25(12-10-17)23(27)22-14-19-5-2-3-8-21(19)30-22/h2-8,13-14,17,24H,9-12,15H2,1H3. The molecule has 0 spiro atoms. The van der Waals surface area contributed by atoms with Gasteiger partial charge in [0.25, 0.3) is 5.91 Å². The van der Waals surface area contributed by atoms with Crippen molar-refractivity contribution in [3.63, 3.8) is 0 Å². The maximum atomic E-state index is 12.8. The first-order valence-corrected chi connectivity index (χ1v) is 11.7. The van der Waals surface area contributed by atoms with Crippen molar-refractivity contribution in [1.82, 2.24) is 9.62 Å². The lowest BCUT2D eigenvalue weighted by Crippen LogP contribution is -2.41. The van der Waals surface area contributed by atoms with E-state index in [1.54, 1.807) is 23.1 Å². The number of hydrogen-bond donors (Lipinski definition) is 1. The van der Waals surface area contributed by atoms with E-state index < -0.39 is 10.0 Å². The first-order chi connectivity index (χ1) is 14.8. The van der Waals surface area contributed by atoms with Gasteiger partial charge in [0.2, 0.25) is 10.0 Å². The van der Waals surface area contributed by atoms with Gasteiger partial charge in [-0.25, -0.2) is 13.1 Å². The van der Waals surface area contributed by atoms with Gasteiger partial charge in [-0.05, 0) is 49.9 Å². The zero-order chi connectivity index (χ0) is 22.0. The minimum Gasteiger partial charge on any atom is -0.451 e. The number of carbonyl (C=O) groups excluding carboxylic acids is 2. The number of furan rings is 1. The summed E-state index contributed by atoms with van der Waals surface area (Å²) in [6.45, 7) is 2.78. The molecule has 1 fully saturated rings. The molecule has 0 saturated carbocycles. The normalized spacial score (nSPS) is 15.3. The number of benzene rings is 2. The maximum absolute atomic E-state index is 12.8. The van der Waals surface area contributed by atoms with E-state index in [0.29, 0.717) is 49.4 Å². The SMILES string of the molecule is CC(=O)c1cccc(S(=O)(=O)NCC2CCN(C(=O)c3cc4ccccc4o3)CC2)c1. The Bertz CT molecular complexity index is 1190. The van der Waals surface area contributed by atoms with Crippen molar-refractivity contribution >= 4 is 32.7 Å². The molecule has 7 nitrogen and oxygen atoms in total. The Labute approximate surface area is 181 Å². The number of fused-ring (bicyclic) bond motifs is 1. The molecule has 0 unspecified atom stereocenters. The minimum absolute atomic E-state index is 0.0812. The average Bonchev–Trinajstić information content (AvgIpc) is 3.22. The number of rotatable bonds is 6. The molecular weight excluding hydrogens is 416 g/mol. The van der Waals surface area contributed by atoms with Gasteiger partial charge in [-0.15, -0.1) is 0 Å². The fourth-order valence-electron chi connectivity index (χ4n) is 3.78. The van der Waals surface area contributed by atoms with Crippen molar-refractivity contribution < 1.29 is 22.4 Å². The van der Waals surface area contributed by atoms with Crippen LogP contribution in [0.2, 0.25) is 0 Å². The van der Waals surface area contributed by atoms with E-state index in [-0.39, 0.29) is 22.5 Å². The Kier molecular flexibility index (Phi) is 5.93. The minimum atomic E-state index is -3.70. The van der Waals surface area contributed by atoms with Crippen molar-refractivity contribution in [2.45, 2.75) is 24.7 Å². The predicted molar refractivity (Wildman–Crippen MR) is 116 cm³/mol. The number of piperidine rings is 1. The van der Waals surface area contributed by atoms with Gasteiger partial charge in [-0.2, -0.15) is 0 Å². The summed E-state index contributed by atoms with van der Waals surface area (Å²) in [5, 5.41) is 0.893. The van der Waals surface area contributed by atoms with Crippen LogP contribution in [0, 0.1) is 5.92 Å². The Balaban J connectivity index is 1.33. The lowest BCUT2D eigenvalue weighted by atomic mass is 9.97. The van der Waals surface area contributed by atoms with Crippen LogP contribution in [0.15, 0.2) is 63.9 Å². The molecule has 0 aliphatic carbocycles. The highest BCUT2D eigenvalue weighted by atomic mass is 32.2. The van der Waals surface area contributed by atoms with Crippen molar-refractivity contribution in [3.05, 3.63) is 65.9 Å². The van der Waals surface area contributed by atoms with Gasteiger partial charge in [-0.3, -0.25) is 9.59 Å². The number of sulfonamides is 1. The monoisotopic (exact) mass is 440 g/mol. The van der Waals surface area contributed by atoms with Crippen LogP contribution in [-0.4, -0.2) is 44.6 Å². The molecule has 4 rings (SSSR count). The number of nitrogens with one attached hydrogen (secondary N) is 1. The predicted octanol–water partition coefficient (Wildman–Crippen LogP) is 3.47. The fraction of sp³-hybridized carbons (Fsp3) is 0.304. The van der Waals surface area contributed by atoms with Gasteiger partial charge in [0.05, 0.1) is 4.90 Å². The first-order valence-electron chi connectivity index (χ1n) is 10.2. The molecule has 2 aromatic carbocycles. The molecule has 0 bridgehead atoms. The summed E-state index contributed by atoms with van der Waals surface area (Å²) in [5.41, 5.74) is 1.05. The number of ketones is 1. The van der Waals surface area contributed by atoms with Crippen molar-refractivity contribution in [2.75, 3.05) is 19.6 Å². The summed E-state index contributed by atoms with van der Waals surface area (Å²) in [7, 11) is -3.70. The molecule has 1 saturated heterocycles. The fourth-order valence-corrected chi connectivity index (χ4v) is 4.94. The van der Waals surface area contributed by atoms with Crippen LogP contribution in [-0.2, 0) is 10.0 Å². The molecule has 162 valence electrons. The van der Waals surface area contributed by atoms with Crippen LogP contribution >= 0.6 is 0 Å². The number of Topliss-reactive ketones (excluding diaryl/α,β-unsaturated/α-hetero) is 1. The zero-order valence-electron chi connectivity index (χ0n) is 17.2. The van der Waals surface area contributed by atoms with Crippen molar-refractivity contribution in [1.29, 1.82) is 0 Å².